The van der Waals surface area contributed by atoms with Gasteiger partial charge in [-0.1, -0.05) is 23.2 Å². The number of halogens is 1. The lowest BCUT2D eigenvalue weighted by Crippen LogP contribution is -2.38. The number of aliphatic hydroxyl groups excluding tert-OH is 1. The first kappa shape index (κ1) is 19.1. The topological polar surface area (TPSA) is 70.8 Å². The lowest BCUT2D eigenvalue weighted by atomic mass is 10.1. The lowest BCUT2D eigenvalue weighted by Gasteiger charge is -2.27. The number of nitrogens with zero attached hydrogens (tertiary/aromatic N) is 4. The van der Waals surface area contributed by atoms with Gasteiger partial charge in [-0.2, -0.15) is 0 Å². The Morgan fingerprint density at radius 2 is 1.83 bits per heavy atom. The summed E-state index contributed by atoms with van der Waals surface area (Å²) in [6, 6.07) is 0. The minimum atomic E-state index is -0.556. The highest BCUT2D eigenvalue weighted by atomic mass is 35.5. The average Bonchev–Trinajstić information content (AvgIpc) is 2.53. The Bertz CT molecular complexity index is 574. The minimum Gasteiger partial charge on any atom is -0.392 e. The molecule has 7 heteroatoms. The maximum absolute atomic E-state index is 10.0. The summed E-state index contributed by atoms with van der Waals surface area (Å²) >= 11 is 6.12. The molecule has 1 atom stereocenters. The van der Waals surface area contributed by atoms with E-state index in [9.17, 15) is 5.11 Å². The Morgan fingerprint density at radius 3 is 2.54 bits per heavy atom. The third-order valence-corrected chi connectivity index (χ3v) is 4.44. The molecule has 24 heavy (non-hydrogen) atoms. The van der Waals surface area contributed by atoms with Crippen LogP contribution < -0.4 is 0 Å². The van der Waals surface area contributed by atoms with Crippen LogP contribution in [0.25, 0.3) is 0 Å². The molecular weight excluding hydrogens is 328 g/mol. The van der Waals surface area contributed by atoms with Crippen LogP contribution in [0.4, 0.5) is 0 Å². The fraction of sp³-hybridized carbons (Fsp3) is 0.706. The average molecular weight is 355 g/mol. The number of piperidine rings is 1. The molecule has 0 aromatic carbocycles. The largest absolute Gasteiger partial charge is 0.392 e. The summed E-state index contributed by atoms with van der Waals surface area (Å²) in [6.07, 6.45) is 3.51. The number of hydrogen-bond acceptors (Lipinski definition) is 6. The zero-order valence-corrected chi connectivity index (χ0v) is 15.5. The zero-order chi connectivity index (χ0) is 17.5. The second kappa shape index (κ2) is 9.30. The molecule has 1 unspecified atom stereocenters. The molecule has 134 valence electrons. The summed E-state index contributed by atoms with van der Waals surface area (Å²) in [4.78, 5) is 16.4. The Kier molecular flexibility index (Phi) is 7.40. The Labute approximate surface area is 148 Å². The van der Waals surface area contributed by atoms with Gasteiger partial charge in [-0.25, -0.2) is 0 Å². The maximum Gasteiger partial charge on any atom is 0.151 e. The van der Waals surface area contributed by atoms with Crippen LogP contribution in [0, 0.1) is 20.8 Å². The van der Waals surface area contributed by atoms with Crippen LogP contribution in [0.2, 0.25) is 0 Å². The van der Waals surface area contributed by atoms with Crippen molar-refractivity contribution in [3.8, 4) is 0 Å². The molecule has 0 radical (unpaired) electrons. The number of aliphatic hydroxyl groups is 1. The van der Waals surface area contributed by atoms with Crippen molar-refractivity contribution in [1.29, 1.82) is 0 Å². The fourth-order valence-electron chi connectivity index (χ4n) is 2.79. The molecule has 0 bridgehead atoms. The molecule has 1 aliphatic rings. The van der Waals surface area contributed by atoms with Crippen LogP contribution in [-0.2, 0) is 11.3 Å². The molecule has 1 aromatic heterocycles. The van der Waals surface area contributed by atoms with Gasteiger partial charge in [0.15, 0.2) is 5.17 Å². The summed E-state index contributed by atoms with van der Waals surface area (Å²) in [5, 5.41) is 14.2. The number of likely N-dealkylation sites (tertiary alicyclic amines) is 1. The quantitative estimate of drug-likeness (QED) is 0.601. The molecule has 0 saturated carbocycles. The summed E-state index contributed by atoms with van der Waals surface area (Å²) in [6.45, 7) is 8.62. The third kappa shape index (κ3) is 6.00. The molecule has 6 nitrogen and oxygen atoms in total. The van der Waals surface area contributed by atoms with E-state index in [4.69, 9.17) is 16.4 Å². The van der Waals surface area contributed by atoms with Crippen LogP contribution in [0.3, 0.4) is 0 Å². The van der Waals surface area contributed by atoms with Crippen LogP contribution in [0.5, 0.6) is 0 Å². The van der Waals surface area contributed by atoms with E-state index in [0.717, 1.165) is 35.9 Å². The number of aryl methyl sites for hydroxylation is 3. The van der Waals surface area contributed by atoms with Gasteiger partial charge < -0.3 is 14.8 Å². The summed E-state index contributed by atoms with van der Waals surface area (Å²) in [5.74, 6) is 0. The first-order valence-corrected chi connectivity index (χ1v) is 8.89. The van der Waals surface area contributed by atoms with Crippen molar-refractivity contribution in [2.24, 2.45) is 5.16 Å². The first-order valence-electron chi connectivity index (χ1n) is 8.51. The molecular formula is C17H27ClN4O2. The minimum absolute atomic E-state index is 0.143. The van der Waals surface area contributed by atoms with Crippen LogP contribution in [0.1, 0.15) is 42.0 Å². The van der Waals surface area contributed by atoms with Gasteiger partial charge in [0.1, 0.15) is 12.7 Å². The van der Waals surface area contributed by atoms with E-state index in [2.05, 4.69) is 20.0 Å². The van der Waals surface area contributed by atoms with E-state index in [1.54, 1.807) is 0 Å². The Hall–Kier alpha value is -1.24. The number of aromatic nitrogens is 2. The molecule has 0 spiro atoms. The monoisotopic (exact) mass is 354 g/mol. The Balaban J connectivity index is 1.78. The van der Waals surface area contributed by atoms with Crippen molar-refractivity contribution in [1.82, 2.24) is 14.9 Å². The summed E-state index contributed by atoms with van der Waals surface area (Å²) in [7, 11) is 0. The summed E-state index contributed by atoms with van der Waals surface area (Å²) in [5.41, 5.74) is 3.44. The highest BCUT2D eigenvalue weighted by Gasteiger charge is 2.15. The third-order valence-electron chi connectivity index (χ3n) is 4.24. The molecule has 0 amide bonds. The molecule has 2 rings (SSSR count). The van der Waals surface area contributed by atoms with Crippen LogP contribution >= 0.6 is 11.6 Å². The van der Waals surface area contributed by atoms with E-state index in [1.165, 1.54) is 19.3 Å². The first-order chi connectivity index (χ1) is 11.5. The van der Waals surface area contributed by atoms with E-state index in [1.807, 2.05) is 20.8 Å². The van der Waals surface area contributed by atoms with Gasteiger partial charge in [0.2, 0.25) is 0 Å². The molecule has 1 fully saturated rings. The van der Waals surface area contributed by atoms with E-state index >= 15 is 0 Å². The van der Waals surface area contributed by atoms with Crippen molar-refractivity contribution in [3.05, 3.63) is 22.8 Å². The van der Waals surface area contributed by atoms with Gasteiger partial charge in [0, 0.05) is 13.0 Å². The van der Waals surface area contributed by atoms with E-state index in [0.29, 0.717) is 18.1 Å². The van der Waals surface area contributed by atoms with Gasteiger partial charge in [0.05, 0.1) is 22.8 Å². The SMILES string of the molecule is Cc1nc(C)c(C/C(Cl)=N/OCC(O)CN2CCCCC2)nc1C. The number of rotatable bonds is 7. The van der Waals surface area contributed by atoms with Crippen molar-refractivity contribution < 1.29 is 9.94 Å². The van der Waals surface area contributed by atoms with Crippen molar-refractivity contribution in [2.75, 3.05) is 26.2 Å². The normalized spacial score (nSPS) is 17.8. The Morgan fingerprint density at radius 1 is 1.17 bits per heavy atom. The molecule has 1 N–H and O–H groups in total. The van der Waals surface area contributed by atoms with Crippen molar-refractivity contribution in [3.63, 3.8) is 0 Å². The number of oxime groups is 1. The number of hydrogen-bond donors (Lipinski definition) is 1. The molecule has 1 aliphatic heterocycles. The molecule has 2 heterocycles. The smallest absolute Gasteiger partial charge is 0.151 e. The second-order valence-corrected chi connectivity index (χ2v) is 6.82. The van der Waals surface area contributed by atoms with Gasteiger partial charge in [0.25, 0.3) is 0 Å². The van der Waals surface area contributed by atoms with Crippen molar-refractivity contribution in [2.45, 2.75) is 52.6 Å². The zero-order valence-electron chi connectivity index (χ0n) is 14.8. The van der Waals surface area contributed by atoms with Crippen LogP contribution in [0.15, 0.2) is 5.16 Å². The summed E-state index contributed by atoms with van der Waals surface area (Å²) < 4.78 is 0. The predicted octanol–water partition coefficient (Wildman–Crippen LogP) is 2.36. The fourth-order valence-corrected chi connectivity index (χ4v) is 2.96. The van der Waals surface area contributed by atoms with Gasteiger partial charge in [-0.05, 0) is 46.7 Å². The van der Waals surface area contributed by atoms with Gasteiger partial charge >= 0.3 is 0 Å². The molecule has 1 aromatic rings. The van der Waals surface area contributed by atoms with Crippen LogP contribution in [-0.4, -0.2) is 57.5 Å². The van der Waals surface area contributed by atoms with Crippen molar-refractivity contribution >= 4 is 16.8 Å². The number of β-amino-alcohol motifs (C(OH)–C–C–N with tert-alkyl or cyclic N) is 1. The van der Waals surface area contributed by atoms with Gasteiger partial charge in [-0.3, -0.25) is 9.97 Å². The lowest BCUT2D eigenvalue weighted by molar-refractivity contribution is 0.0159. The van der Waals surface area contributed by atoms with E-state index in [-0.39, 0.29) is 6.61 Å². The standard InChI is InChI=1S/C17H27ClN4O2/c1-12-13(2)20-16(14(3)19-12)9-17(18)21-24-11-15(23)10-22-7-5-4-6-8-22/h15,23H,4-11H2,1-3H3/b21-17-. The molecule has 1 saturated heterocycles. The maximum atomic E-state index is 10.0. The highest BCUT2D eigenvalue weighted by Crippen LogP contribution is 2.11. The second-order valence-electron chi connectivity index (χ2n) is 6.38. The van der Waals surface area contributed by atoms with Gasteiger partial charge in [-0.15, -0.1) is 0 Å². The predicted molar refractivity (Wildman–Crippen MR) is 95.5 cm³/mol. The molecule has 0 aliphatic carbocycles. The van der Waals surface area contributed by atoms with E-state index < -0.39 is 6.10 Å². The highest BCUT2D eigenvalue weighted by molar-refractivity contribution is 6.65.